The summed E-state index contributed by atoms with van der Waals surface area (Å²) in [5.74, 6) is -0.802. The van der Waals surface area contributed by atoms with Crippen LogP contribution in [-0.4, -0.2) is 35.8 Å². The number of aryl methyl sites for hydroxylation is 1. The Morgan fingerprint density at radius 3 is 2.21 bits per heavy atom. The predicted molar refractivity (Wildman–Crippen MR) is 131 cm³/mol. The smallest absolute Gasteiger partial charge is 0.251 e. The van der Waals surface area contributed by atoms with E-state index in [9.17, 15) is 14.4 Å². The Hall–Kier alpha value is -3.15. The number of nitrogens with zero attached hydrogens (tertiary/aromatic N) is 1. The molecule has 3 amide bonds. The van der Waals surface area contributed by atoms with Crippen LogP contribution in [0.2, 0.25) is 0 Å². The second-order valence-corrected chi connectivity index (χ2v) is 9.05. The van der Waals surface area contributed by atoms with Crippen LogP contribution in [0, 0.1) is 6.92 Å². The van der Waals surface area contributed by atoms with E-state index in [1.54, 1.807) is 29.2 Å². The number of amides is 3. The lowest BCUT2D eigenvalue weighted by atomic mass is 9.90. The summed E-state index contributed by atoms with van der Waals surface area (Å²) in [7, 11) is 0. The van der Waals surface area contributed by atoms with Crippen LogP contribution in [0.25, 0.3) is 0 Å². The minimum Gasteiger partial charge on any atom is -0.351 e. The molecule has 176 valence electrons. The Morgan fingerprint density at radius 1 is 0.970 bits per heavy atom. The molecule has 3 rings (SSSR count). The van der Waals surface area contributed by atoms with Crippen LogP contribution in [0.3, 0.4) is 0 Å². The molecule has 6 heteroatoms. The van der Waals surface area contributed by atoms with Crippen LogP contribution in [0.15, 0.2) is 54.6 Å². The summed E-state index contributed by atoms with van der Waals surface area (Å²) in [6, 6.07) is 16.5. The summed E-state index contributed by atoms with van der Waals surface area (Å²) in [6.07, 6.45) is 5.80. The second kappa shape index (κ2) is 11.1. The third-order valence-corrected chi connectivity index (χ3v) is 6.59. The fraction of sp³-hybridized carbons (Fsp3) is 0.444. The molecule has 1 aliphatic carbocycles. The highest BCUT2D eigenvalue weighted by molar-refractivity contribution is 6.06. The Kier molecular flexibility index (Phi) is 8.26. The van der Waals surface area contributed by atoms with Crippen molar-refractivity contribution in [3.63, 3.8) is 0 Å². The van der Waals surface area contributed by atoms with Crippen LogP contribution in [-0.2, 0) is 9.59 Å². The van der Waals surface area contributed by atoms with E-state index < -0.39 is 5.54 Å². The van der Waals surface area contributed by atoms with E-state index in [0.29, 0.717) is 17.7 Å². The SMILES string of the molecule is CC[C@@](C)(C(=O)NC1CCCCC1)N(C(=O)CNC(=O)c1ccccc1)c1ccc(C)cc1. The zero-order valence-corrected chi connectivity index (χ0v) is 19.9. The Balaban J connectivity index is 1.83. The molecule has 0 aromatic heterocycles. The zero-order valence-electron chi connectivity index (χ0n) is 19.9. The Bertz CT molecular complexity index is 952. The molecule has 0 unspecified atom stereocenters. The first-order valence-corrected chi connectivity index (χ1v) is 11.9. The summed E-state index contributed by atoms with van der Waals surface area (Å²) >= 11 is 0. The fourth-order valence-corrected chi connectivity index (χ4v) is 4.33. The number of hydrogen-bond acceptors (Lipinski definition) is 3. The monoisotopic (exact) mass is 449 g/mol. The lowest BCUT2D eigenvalue weighted by molar-refractivity contribution is -0.130. The number of carbonyl (C=O) groups excluding carboxylic acids is 3. The standard InChI is InChI=1S/C27H35N3O3/c1-4-27(3,26(33)29-22-13-9-6-10-14-22)30(23-17-15-20(2)16-18-23)24(31)19-28-25(32)21-11-7-5-8-12-21/h5,7-8,11-12,15-18,22H,4,6,9-10,13-14,19H2,1-3H3,(H,28,32)(H,29,33)/t27-/m0/s1. The molecule has 0 heterocycles. The van der Waals surface area contributed by atoms with Gasteiger partial charge < -0.3 is 10.6 Å². The molecule has 1 atom stereocenters. The number of rotatable bonds is 8. The summed E-state index contributed by atoms with van der Waals surface area (Å²) in [5, 5.41) is 5.91. The zero-order chi connectivity index (χ0) is 23.8. The van der Waals surface area contributed by atoms with Gasteiger partial charge in [0, 0.05) is 17.3 Å². The summed E-state index contributed by atoms with van der Waals surface area (Å²) in [5.41, 5.74) is 1.11. The second-order valence-electron chi connectivity index (χ2n) is 9.05. The highest BCUT2D eigenvalue weighted by Gasteiger charge is 2.42. The van der Waals surface area contributed by atoms with Crippen molar-refractivity contribution in [3.05, 3.63) is 65.7 Å². The maximum Gasteiger partial charge on any atom is 0.251 e. The third kappa shape index (κ3) is 6.01. The van der Waals surface area contributed by atoms with Crippen LogP contribution < -0.4 is 15.5 Å². The van der Waals surface area contributed by atoms with Gasteiger partial charge in [0.05, 0.1) is 6.54 Å². The molecule has 0 saturated heterocycles. The molecule has 0 aliphatic heterocycles. The first-order chi connectivity index (χ1) is 15.8. The highest BCUT2D eigenvalue weighted by atomic mass is 16.2. The van der Waals surface area contributed by atoms with Crippen LogP contribution in [0.5, 0.6) is 0 Å². The van der Waals surface area contributed by atoms with Crippen molar-refractivity contribution in [2.45, 2.75) is 70.9 Å². The van der Waals surface area contributed by atoms with Crippen molar-refractivity contribution in [3.8, 4) is 0 Å². The first kappa shape index (κ1) is 24.5. The molecular weight excluding hydrogens is 414 g/mol. The maximum atomic E-state index is 13.5. The minimum absolute atomic E-state index is 0.143. The molecule has 1 aliphatic rings. The number of carbonyl (C=O) groups is 3. The van der Waals surface area contributed by atoms with E-state index >= 15 is 0 Å². The fourth-order valence-electron chi connectivity index (χ4n) is 4.33. The van der Waals surface area contributed by atoms with Gasteiger partial charge in [0.15, 0.2) is 0 Å². The van der Waals surface area contributed by atoms with E-state index in [0.717, 1.165) is 31.2 Å². The molecule has 33 heavy (non-hydrogen) atoms. The number of anilines is 1. The van der Waals surface area contributed by atoms with Crippen molar-refractivity contribution in [2.24, 2.45) is 0 Å². The number of benzene rings is 2. The average Bonchev–Trinajstić information content (AvgIpc) is 2.84. The molecule has 2 aromatic rings. The molecule has 0 spiro atoms. The molecule has 0 radical (unpaired) electrons. The summed E-state index contributed by atoms with van der Waals surface area (Å²) in [4.78, 5) is 41.1. The molecule has 6 nitrogen and oxygen atoms in total. The third-order valence-electron chi connectivity index (χ3n) is 6.59. The van der Waals surface area contributed by atoms with Crippen molar-refractivity contribution in [1.29, 1.82) is 0 Å². The van der Waals surface area contributed by atoms with Gasteiger partial charge >= 0.3 is 0 Å². The van der Waals surface area contributed by atoms with Gasteiger partial charge in [0.1, 0.15) is 5.54 Å². The van der Waals surface area contributed by atoms with E-state index in [-0.39, 0.29) is 30.3 Å². The number of hydrogen-bond donors (Lipinski definition) is 2. The van der Waals surface area contributed by atoms with Gasteiger partial charge in [-0.3, -0.25) is 19.3 Å². The lowest BCUT2D eigenvalue weighted by Gasteiger charge is -2.41. The molecular formula is C27H35N3O3. The van der Waals surface area contributed by atoms with Gasteiger partial charge in [-0.25, -0.2) is 0 Å². The van der Waals surface area contributed by atoms with E-state index in [4.69, 9.17) is 0 Å². The quantitative estimate of drug-likeness (QED) is 0.628. The largest absolute Gasteiger partial charge is 0.351 e. The van der Waals surface area contributed by atoms with Crippen molar-refractivity contribution >= 4 is 23.4 Å². The topological polar surface area (TPSA) is 78.5 Å². The van der Waals surface area contributed by atoms with Gasteiger partial charge in [-0.1, -0.05) is 62.1 Å². The number of nitrogens with one attached hydrogen (secondary N) is 2. The normalized spacial score (nSPS) is 15.8. The lowest BCUT2D eigenvalue weighted by Crippen LogP contribution is -2.62. The maximum absolute atomic E-state index is 13.5. The molecule has 2 N–H and O–H groups in total. The van der Waals surface area contributed by atoms with Gasteiger partial charge in [0.2, 0.25) is 11.8 Å². The van der Waals surface area contributed by atoms with Crippen molar-refractivity contribution in [1.82, 2.24) is 10.6 Å². The predicted octanol–water partition coefficient (Wildman–Crippen LogP) is 4.38. The van der Waals surface area contributed by atoms with Crippen molar-refractivity contribution < 1.29 is 14.4 Å². The summed E-state index contributed by atoms with van der Waals surface area (Å²) < 4.78 is 0. The Labute approximate surface area is 196 Å². The van der Waals surface area contributed by atoms with Crippen LogP contribution >= 0.6 is 0 Å². The van der Waals surface area contributed by atoms with E-state index in [2.05, 4.69) is 10.6 Å². The van der Waals surface area contributed by atoms with Gasteiger partial charge in [-0.2, -0.15) is 0 Å². The van der Waals surface area contributed by atoms with Gasteiger partial charge in [0.25, 0.3) is 5.91 Å². The van der Waals surface area contributed by atoms with E-state index in [1.165, 1.54) is 6.42 Å². The van der Waals surface area contributed by atoms with E-state index in [1.807, 2.05) is 51.1 Å². The Morgan fingerprint density at radius 2 is 1.61 bits per heavy atom. The van der Waals surface area contributed by atoms with Gasteiger partial charge in [-0.15, -0.1) is 0 Å². The van der Waals surface area contributed by atoms with Gasteiger partial charge in [-0.05, 0) is 57.4 Å². The molecule has 1 fully saturated rings. The molecule has 0 bridgehead atoms. The first-order valence-electron chi connectivity index (χ1n) is 11.9. The summed E-state index contributed by atoms with van der Waals surface area (Å²) in [6.45, 7) is 5.50. The van der Waals surface area contributed by atoms with Crippen LogP contribution in [0.4, 0.5) is 5.69 Å². The minimum atomic E-state index is -1.08. The molecule has 1 saturated carbocycles. The average molecular weight is 450 g/mol. The van der Waals surface area contributed by atoms with Crippen LogP contribution in [0.1, 0.15) is 68.3 Å². The van der Waals surface area contributed by atoms with Crippen molar-refractivity contribution in [2.75, 3.05) is 11.4 Å². The highest BCUT2D eigenvalue weighted by Crippen LogP contribution is 2.29. The molecule has 2 aromatic carbocycles.